The molecule has 0 aliphatic carbocycles. The first-order valence-electron chi connectivity index (χ1n) is 7.58. The Balaban J connectivity index is 1.84. The van der Waals surface area contributed by atoms with Gasteiger partial charge < -0.3 is 10.3 Å². The number of carbonyl (C=O) groups excluding carboxylic acids is 1. The minimum atomic E-state index is -0.0303. The summed E-state index contributed by atoms with van der Waals surface area (Å²) < 4.78 is 0. The number of carbonyl (C=O) groups is 1. The molecule has 2 N–H and O–H groups in total. The zero-order valence-corrected chi connectivity index (χ0v) is 14.2. The van der Waals surface area contributed by atoms with Gasteiger partial charge in [0.25, 0.3) is 0 Å². The van der Waals surface area contributed by atoms with Gasteiger partial charge in [-0.15, -0.1) is 0 Å². The minimum Gasteiger partial charge on any atom is -0.358 e. The Morgan fingerprint density at radius 1 is 1.09 bits per heavy atom. The number of benzene rings is 2. The Bertz CT molecular complexity index is 896. The van der Waals surface area contributed by atoms with E-state index in [2.05, 4.69) is 17.2 Å². The van der Waals surface area contributed by atoms with Gasteiger partial charge >= 0.3 is 0 Å². The van der Waals surface area contributed by atoms with Crippen molar-refractivity contribution in [1.82, 2.24) is 4.98 Å². The SMILES string of the molecule is Cc1ccc(NC(=O)Cc2c(C)[nH]c3ccc(Cl)cc23)cc1C. The van der Waals surface area contributed by atoms with Gasteiger partial charge in [-0.05, 0) is 67.8 Å². The molecule has 3 rings (SSSR count). The second-order valence-electron chi connectivity index (χ2n) is 5.94. The molecule has 4 heteroatoms. The summed E-state index contributed by atoms with van der Waals surface area (Å²) in [6.45, 7) is 6.07. The van der Waals surface area contributed by atoms with Crippen LogP contribution < -0.4 is 5.32 Å². The molecule has 118 valence electrons. The fourth-order valence-corrected chi connectivity index (χ4v) is 2.94. The van der Waals surface area contributed by atoms with E-state index >= 15 is 0 Å². The van der Waals surface area contributed by atoms with Gasteiger partial charge in [0.1, 0.15) is 0 Å². The van der Waals surface area contributed by atoms with E-state index in [0.717, 1.165) is 33.4 Å². The van der Waals surface area contributed by atoms with Crippen LogP contribution in [0.25, 0.3) is 10.9 Å². The summed E-state index contributed by atoms with van der Waals surface area (Å²) in [5.74, 6) is -0.0303. The molecule has 0 spiro atoms. The van der Waals surface area contributed by atoms with Gasteiger partial charge in [-0.25, -0.2) is 0 Å². The Morgan fingerprint density at radius 2 is 1.87 bits per heavy atom. The summed E-state index contributed by atoms with van der Waals surface area (Å²) in [7, 11) is 0. The molecule has 3 nitrogen and oxygen atoms in total. The van der Waals surface area contributed by atoms with Crippen LogP contribution in [0.15, 0.2) is 36.4 Å². The maximum Gasteiger partial charge on any atom is 0.228 e. The summed E-state index contributed by atoms with van der Waals surface area (Å²) in [6.07, 6.45) is 0.319. The van der Waals surface area contributed by atoms with Gasteiger partial charge in [0.05, 0.1) is 6.42 Å². The Labute approximate surface area is 140 Å². The number of aromatic amines is 1. The number of anilines is 1. The molecule has 0 radical (unpaired) electrons. The largest absolute Gasteiger partial charge is 0.358 e. The first-order chi connectivity index (χ1) is 10.9. The van der Waals surface area contributed by atoms with E-state index in [4.69, 9.17) is 11.6 Å². The van der Waals surface area contributed by atoms with Crippen LogP contribution in [-0.4, -0.2) is 10.9 Å². The predicted molar refractivity (Wildman–Crippen MR) is 96.3 cm³/mol. The molecule has 0 fully saturated rings. The Morgan fingerprint density at radius 3 is 2.61 bits per heavy atom. The summed E-state index contributed by atoms with van der Waals surface area (Å²) in [6, 6.07) is 11.6. The third kappa shape index (κ3) is 3.25. The van der Waals surface area contributed by atoms with Crippen LogP contribution in [0, 0.1) is 20.8 Å². The Kier molecular flexibility index (Phi) is 4.14. The molecule has 0 bridgehead atoms. The monoisotopic (exact) mass is 326 g/mol. The number of aromatic nitrogens is 1. The van der Waals surface area contributed by atoms with E-state index in [1.165, 1.54) is 5.56 Å². The second kappa shape index (κ2) is 6.09. The first kappa shape index (κ1) is 15.6. The number of hydrogen-bond acceptors (Lipinski definition) is 1. The molecule has 0 aliphatic rings. The molecular weight excluding hydrogens is 308 g/mol. The molecule has 0 aliphatic heterocycles. The molecule has 1 heterocycles. The first-order valence-corrected chi connectivity index (χ1v) is 7.95. The minimum absolute atomic E-state index is 0.0303. The van der Waals surface area contributed by atoms with Crippen molar-refractivity contribution in [3.05, 3.63) is 63.8 Å². The van der Waals surface area contributed by atoms with Crippen molar-refractivity contribution >= 4 is 34.1 Å². The van der Waals surface area contributed by atoms with Crippen LogP contribution in [0.2, 0.25) is 5.02 Å². The van der Waals surface area contributed by atoms with Crippen molar-refractivity contribution in [3.63, 3.8) is 0 Å². The molecule has 23 heavy (non-hydrogen) atoms. The predicted octanol–water partition coefficient (Wildman–Crippen LogP) is 4.93. The second-order valence-corrected chi connectivity index (χ2v) is 6.38. The van der Waals surface area contributed by atoms with E-state index in [1.54, 1.807) is 0 Å². The highest BCUT2D eigenvalue weighted by molar-refractivity contribution is 6.31. The van der Waals surface area contributed by atoms with Crippen molar-refractivity contribution in [2.75, 3.05) is 5.32 Å². The molecule has 2 aromatic carbocycles. The van der Waals surface area contributed by atoms with E-state index < -0.39 is 0 Å². The van der Waals surface area contributed by atoms with Crippen molar-refractivity contribution in [2.45, 2.75) is 27.2 Å². The van der Waals surface area contributed by atoms with Crippen molar-refractivity contribution in [3.8, 4) is 0 Å². The van der Waals surface area contributed by atoms with Gasteiger partial charge in [-0.2, -0.15) is 0 Å². The lowest BCUT2D eigenvalue weighted by Gasteiger charge is -2.08. The summed E-state index contributed by atoms with van der Waals surface area (Å²) in [5, 5.41) is 4.65. The van der Waals surface area contributed by atoms with Crippen molar-refractivity contribution < 1.29 is 4.79 Å². The molecule has 3 aromatic rings. The molecule has 1 aromatic heterocycles. The zero-order chi connectivity index (χ0) is 16.6. The number of fused-ring (bicyclic) bond motifs is 1. The number of halogens is 1. The topological polar surface area (TPSA) is 44.9 Å². The lowest BCUT2D eigenvalue weighted by molar-refractivity contribution is -0.115. The van der Waals surface area contributed by atoms with Gasteiger partial charge in [0, 0.05) is 27.3 Å². The van der Waals surface area contributed by atoms with Crippen LogP contribution in [0.4, 0.5) is 5.69 Å². The smallest absolute Gasteiger partial charge is 0.228 e. The van der Waals surface area contributed by atoms with Gasteiger partial charge in [0.15, 0.2) is 0 Å². The highest BCUT2D eigenvalue weighted by atomic mass is 35.5. The van der Waals surface area contributed by atoms with E-state index in [0.29, 0.717) is 11.4 Å². The molecule has 1 amide bonds. The average Bonchev–Trinajstić information content (AvgIpc) is 2.79. The lowest BCUT2D eigenvalue weighted by Crippen LogP contribution is -2.15. The van der Waals surface area contributed by atoms with E-state index in [1.807, 2.05) is 50.2 Å². The highest BCUT2D eigenvalue weighted by Crippen LogP contribution is 2.26. The molecule has 0 atom stereocenters. The summed E-state index contributed by atoms with van der Waals surface area (Å²) >= 11 is 6.08. The van der Waals surface area contributed by atoms with Crippen LogP contribution in [0.3, 0.4) is 0 Å². The molecular formula is C19H19ClN2O. The number of hydrogen-bond donors (Lipinski definition) is 2. The fraction of sp³-hybridized carbons (Fsp3) is 0.211. The summed E-state index contributed by atoms with van der Waals surface area (Å²) in [4.78, 5) is 15.7. The summed E-state index contributed by atoms with van der Waals surface area (Å²) in [5.41, 5.74) is 6.19. The average molecular weight is 327 g/mol. The Hall–Kier alpha value is -2.26. The third-order valence-electron chi connectivity index (χ3n) is 4.21. The van der Waals surface area contributed by atoms with Gasteiger partial charge in [-0.3, -0.25) is 4.79 Å². The number of aryl methyl sites for hydroxylation is 3. The van der Waals surface area contributed by atoms with Crippen LogP contribution in [-0.2, 0) is 11.2 Å². The zero-order valence-electron chi connectivity index (χ0n) is 13.5. The number of H-pyrrole nitrogens is 1. The van der Waals surface area contributed by atoms with Crippen LogP contribution in [0.5, 0.6) is 0 Å². The maximum atomic E-state index is 12.4. The van der Waals surface area contributed by atoms with Crippen molar-refractivity contribution in [1.29, 1.82) is 0 Å². The molecule has 0 saturated carbocycles. The maximum absolute atomic E-state index is 12.4. The van der Waals surface area contributed by atoms with E-state index in [-0.39, 0.29) is 5.91 Å². The third-order valence-corrected chi connectivity index (χ3v) is 4.44. The van der Waals surface area contributed by atoms with Crippen LogP contribution in [0.1, 0.15) is 22.4 Å². The van der Waals surface area contributed by atoms with Gasteiger partial charge in [0.2, 0.25) is 5.91 Å². The number of amides is 1. The van der Waals surface area contributed by atoms with Crippen LogP contribution >= 0.6 is 11.6 Å². The van der Waals surface area contributed by atoms with E-state index in [9.17, 15) is 4.79 Å². The lowest BCUT2D eigenvalue weighted by atomic mass is 10.1. The van der Waals surface area contributed by atoms with Gasteiger partial charge in [-0.1, -0.05) is 17.7 Å². The normalized spacial score (nSPS) is 11.0. The number of rotatable bonds is 3. The molecule has 0 saturated heterocycles. The van der Waals surface area contributed by atoms with Crippen molar-refractivity contribution in [2.24, 2.45) is 0 Å². The quantitative estimate of drug-likeness (QED) is 0.704. The number of nitrogens with one attached hydrogen (secondary N) is 2. The molecule has 0 unspecified atom stereocenters. The standard InChI is InChI=1S/C19H19ClN2O/c1-11-4-6-15(8-12(11)2)22-19(23)10-16-13(3)21-18-7-5-14(20)9-17(16)18/h4-9,21H,10H2,1-3H3,(H,22,23). The fourth-order valence-electron chi connectivity index (χ4n) is 2.77. The highest BCUT2D eigenvalue weighted by Gasteiger charge is 2.13.